The van der Waals surface area contributed by atoms with E-state index in [4.69, 9.17) is 10.5 Å². The lowest BCUT2D eigenvalue weighted by molar-refractivity contribution is 0.0519. The summed E-state index contributed by atoms with van der Waals surface area (Å²) in [6.07, 6.45) is 0. The minimum absolute atomic E-state index is 0.0828. The van der Waals surface area contributed by atoms with Crippen LogP contribution in [0.3, 0.4) is 0 Å². The molecule has 0 unspecified atom stereocenters. The molecule has 0 saturated carbocycles. The van der Waals surface area contributed by atoms with Crippen LogP contribution in [0, 0.1) is 13.8 Å². The van der Waals surface area contributed by atoms with Gasteiger partial charge in [0.05, 0.1) is 12.4 Å². The number of thioether (sulfide) groups is 1. The predicted molar refractivity (Wildman–Crippen MR) is 85.6 cm³/mol. The number of esters is 1. The maximum absolute atomic E-state index is 12.4. The van der Waals surface area contributed by atoms with Gasteiger partial charge in [0.1, 0.15) is 5.69 Å². The number of anilines is 1. The van der Waals surface area contributed by atoms with E-state index in [0.717, 1.165) is 0 Å². The van der Waals surface area contributed by atoms with Gasteiger partial charge in [-0.1, -0.05) is 23.1 Å². The molecule has 118 valence electrons. The van der Waals surface area contributed by atoms with Gasteiger partial charge in [-0.3, -0.25) is 4.79 Å². The highest BCUT2D eigenvalue weighted by atomic mass is 32.2. The van der Waals surface area contributed by atoms with Crippen molar-refractivity contribution in [3.05, 3.63) is 22.5 Å². The summed E-state index contributed by atoms with van der Waals surface area (Å²) in [7, 11) is 0. The van der Waals surface area contributed by atoms with Crippen molar-refractivity contribution in [2.45, 2.75) is 25.1 Å². The van der Waals surface area contributed by atoms with Crippen molar-refractivity contribution in [3.63, 3.8) is 0 Å². The highest BCUT2D eigenvalue weighted by Crippen LogP contribution is 2.26. The van der Waals surface area contributed by atoms with E-state index in [-0.39, 0.29) is 18.1 Å². The molecule has 0 fully saturated rings. The lowest BCUT2D eigenvalue weighted by Crippen LogP contribution is -2.08. The molecule has 2 heterocycles. The number of nitrogens with one attached hydrogen (secondary N) is 1. The first kappa shape index (κ1) is 16.5. The van der Waals surface area contributed by atoms with E-state index >= 15 is 0 Å². The minimum atomic E-state index is -0.452. The quantitative estimate of drug-likeness (QED) is 0.471. The fourth-order valence-electron chi connectivity index (χ4n) is 2.05. The van der Waals surface area contributed by atoms with E-state index in [0.29, 0.717) is 32.0 Å². The Labute approximate surface area is 135 Å². The predicted octanol–water partition coefficient (Wildman–Crippen LogP) is 2.22. The van der Waals surface area contributed by atoms with Crippen molar-refractivity contribution in [1.82, 2.24) is 15.2 Å². The SMILES string of the molecule is CCOC(=O)c1[nH]c(C)c(C(=O)CSc2nnc(N)s2)c1C. The number of Topliss-reactive ketones (excluding diaryl/α,β-unsaturated/α-hetero) is 1. The molecule has 0 bridgehead atoms. The van der Waals surface area contributed by atoms with Crippen molar-refractivity contribution in [1.29, 1.82) is 0 Å². The highest BCUT2D eigenvalue weighted by molar-refractivity contribution is 8.01. The second-order valence-electron chi connectivity index (χ2n) is 4.46. The standard InChI is InChI=1S/C13H16N4O3S2/c1-4-20-11(19)10-6(2)9(7(3)15-10)8(18)5-21-13-17-16-12(14)22-13/h15H,4-5H2,1-3H3,(H2,14,16). The largest absolute Gasteiger partial charge is 0.461 e. The Morgan fingerprint density at radius 1 is 1.36 bits per heavy atom. The molecule has 2 aromatic heterocycles. The Kier molecular flexibility index (Phi) is 5.19. The highest BCUT2D eigenvalue weighted by Gasteiger charge is 2.22. The van der Waals surface area contributed by atoms with Crippen LogP contribution >= 0.6 is 23.1 Å². The van der Waals surface area contributed by atoms with Crippen LogP contribution in [-0.4, -0.2) is 39.3 Å². The number of hydrogen-bond acceptors (Lipinski definition) is 8. The van der Waals surface area contributed by atoms with Gasteiger partial charge < -0.3 is 15.5 Å². The fraction of sp³-hybridized carbons (Fsp3) is 0.385. The molecule has 0 spiro atoms. The van der Waals surface area contributed by atoms with Crippen LogP contribution in [0.1, 0.15) is 39.0 Å². The second kappa shape index (κ2) is 6.93. The Morgan fingerprint density at radius 3 is 2.68 bits per heavy atom. The molecule has 0 aliphatic carbocycles. The summed E-state index contributed by atoms with van der Waals surface area (Å²) in [5, 5.41) is 7.92. The van der Waals surface area contributed by atoms with Crippen molar-refractivity contribution in [3.8, 4) is 0 Å². The van der Waals surface area contributed by atoms with E-state index in [1.807, 2.05) is 0 Å². The van der Waals surface area contributed by atoms with Crippen LogP contribution in [-0.2, 0) is 4.74 Å². The van der Waals surface area contributed by atoms with Crippen molar-refractivity contribution in [2.75, 3.05) is 18.1 Å². The Bertz CT molecular complexity index is 708. The van der Waals surface area contributed by atoms with Gasteiger partial charge in [-0.05, 0) is 26.3 Å². The number of aryl methyl sites for hydroxylation is 1. The third-order valence-electron chi connectivity index (χ3n) is 2.94. The lowest BCUT2D eigenvalue weighted by atomic mass is 10.1. The number of ketones is 1. The summed E-state index contributed by atoms with van der Waals surface area (Å²) in [5.74, 6) is -0.330. The van der Waals surface area contributed by atoms with Gasteiger partial charge >= 0.3 is 5.97 Å². The first-order chi connectivity index (χ1) is 10.4. The van der Waals surface area contributed by atoms with Crippen LogP contribution in [0.2, 0.25) is 0 Å². The van der Waals surface area contributed by atoms with Crippen LogP contribution in [0.25, 0.3) is 0 Å². The number of nitrogens with two attached hydrogens (primary N) is 1. The zero-order valence-corrected chi connectivity index (χ0v) is 14.1. The van der Waals surface area contributed by atoms with E-state index in [2.05, 4.69) is 15.2 Å². The number of nitrogen functional groups attached to an aromatic ring is 1. The van der Waals surface area contributed by atoms with E-state index < -0.39 is 5.97 Å². The van der Waals surface area contributed by atoms with Gasteiger partial charge in [0.15, 0.2) is 10.1 Å². The number of hydrogen-bond donors (Lipinski definition) is 2. The normalized spacial score (nSPS) is 10.7. The number of carbonyl (C=O) groups excluding carboxylic acids is 2. The molecule has 2 rings (SSSR count). The van der Waals surface area contributed by atoms with Crippen LogP contribution in [0.5, 0.6) is 0 Å². The van der Waals surface area contributed by atoms with E-state index in [1.165, 1.54) is 23.1 Å². The van der Waals surface area contributed by atoms with Crippen LogP contribution in [0.15, 0.2) is 4.34 Å². The molecule has 0 radical (unpaired) electrons. The Balaban J connectivity index is 2.14. The number of nitrogens with zero attached hydrogens (tertiary/aromatic N) is 2. The molecule has 9 heteroatoms. The van der Waals surface area contributed by atoms with Gasteiger partial charge in [0.25, 0.3) is 0 Å². The topological polar surface area (TPSA) is 111 Å². The fourth-order valence-corrected chi connectivity index (χ4v) is 3.56. The zero-order valence-electron chi connectivity index (χ0n) is 12.4. The third kappa shape index (κ3) is 3.47. The molecule has 0 amide bonds. The summed E-state index contributed by atoms with van der Waals surface area (Å²) in [5.41, 5.74) is 7.61. The van der Waals surface area contributed by atoms with Gasteiger partial charge in [0.2, 0.25) is 5.13 Å². The van der Waals surface area contributed by atoms with Crippen LogP contribution in [0.4, 0.5) is 5.13 Å². The molecule has 0 atom stereocenters. The smallest absolute Gasteiger partial charge is 0.355 e. The third-order valence-corrected chi connectivity index (χ3v) is 4.83. The maximum atomic E-state index is 12.4. The molecule has 0 aromatic carbocycles. The number of carbonyl (C=O) groups is 2. The molecule has 3 N–H and O–H groups in total. The first-order valence-electron chi connectivity index (χ1n) is 6.55. The minimum Gasteiger partial charge on any atom is -0.461 e. The summed E-state index contributed by atoms with van der Waals surface area (Å²) in [6.45, 7) is 5.51. The van der Waals surface area contributed by atoms with Gasteiger partial charge in [-0.15, -0.1) is 10.2 Å². The number of aromatic amines is 1. The van der Waals surface area contributed by atoms with Crippen LogP contribution < -0.4 is 5.73 Å². The number of ether oxygens (including phenoxy) is 1. The zero-order chi connectivity index (χ0) is 16.3. The molecule has 0 saturated heterocycles. The molecule has 0 aliphatic heterocycles. The summed E-state index contributed by atoms with van der Waals surface area (Å²) >= 11 is 2.51. The molecule has 7 nitrogen and oxygen atoms in total. The maximum Gasteiger partial charge on any atom is 0.355 e. The number of H-pyrrole nitrogens is 1. The Hall–Kier alpha value is -1.87. The molecule has 22 heavy (non-hydrogen) atoms. The van der Waals surface area contributed by atoms with Gasteiger partial charge in [0, 0.05) is 11.3 Å². The number of aromatic nitrogens is 3. The lowest BCUT2D eigenvalue weighted by Gasteiger charge is -2.02. The average Bonchev–Trinajstić information content (AvgIpc) is 3.00. The molecule has 0 aliphatic rings. The monoisotopic (exact) mass is 340 g/mol. The molecular weight excluding hydrogens is 324 g/mol. The van der Waals surface area contributed by atoms with Gasteiger partial charge in [-0.25, -0.2) is 4.79 Å². The van der Waals surface area contributed by atoms with Crippen molar-refractivity contribution < 1.29 is 14.3 Å². The Morgan fingerprint density at radius 2 is 2.09 bits per heavy atom. The summed E-state index contributed by atoms with van der Waals surface area (Å²) in [4.78, 5) is 27.2. The van der Waals surface area contributed by atoms with Gasteiger partial charge in [-0.2, -0.15) is 0 Å². The number of rotatable bonds is 6. The summed E-state index contributed by atoms with van der Waals surface area (Å²) in [6, 6.07) is 0. The average molecular weight is 340 g/mol. The molecule has 2 aromatic rings. The molecular formula is C13H16N4O3S2. The summed E-state index contributed by atoms with van der Waals surface area (Å²) < 4.78 is 5.61. The second-order valence-corrected chi connectivity index (χ2v) is 6.70. The van der Waals surface area contributed by atoms with E-state index in [9.17, 15) is 9.59 Å². The first-order valence-corrected chi connectivity index (χ1v) is 8.35. The van der Waals surface area contributed by atoms with E-state index in [1.54, 1.807) is 20.8 Å². The van der Waals surface area contributed by atoms with Crippen molar-refractivity contribution in [2.24, 2.45) is 0 Å². The van der Waals surface area contributed by atoms with Crippen molar-refractivity contribution >= 4 is 40.0 Å².